The Labute approximate surface area is 168 Å². The molecule has 1 amide bonds. The molecule has 4 rings (SSSR count). The maximum absolute atomic E-state index is 14.0. The lowest BCUT2D eigenvalue weighted by atomic mass is 10.2. The Bertz CT molecular complexity index is 976. The monoisotopic (exact) mass is 392 g/mol. The molecule has 1 saturated heterocycles. The number of piperazine rings is 1. The zero-order valence-corrected chi connectivity index (χ0v) is 15.8. The van der Waals surface area contributed by atoms with Crippen molar-refractivity contribution in [2.45, 2.75) is 6.54 Å². The van der Waals surface area contributed by atoms with Gasteiger partial charge in [0, 0.05) is 51.2 Å². The number of para-hydroxylation sites is 1. The van der Waals surface area contributed by atoms with E-state index < -0.39 is 0 Å². The first-order valence-corrected chi connectivity index (χ1v) is 9.44. The molecule has 1 aromatic carbocycles. The molecule has 0 spiro atoms. The van der Waals surface area contributed by atoms with Crippen LogP contribution in [-0.4, -0.2) is 47.0 Å². The van der Waals surface area contributed by atoms with Crippen molar-refractivity contribution in [3.05, 3.63) is 78.3 Å². The number of halogens is 1. The number of hydrogen-bond donors (Lipinski definition) is 1. The Hall–Kier alpha value is -3.55. The summed E-state index contributed by atoms with van der Waals surface area (Å²) in [5.74, 6) is 0.220. The van der Waals surface area contributed by atoms with Crippen LogP contribution in [0.3, 0.4) is 0 Å². The first kappa shape index (κ1) is 18.8. The summed E-state index contributed by atoms with van der Waals surface area (Å²) in [5.41, 5.74) is 1.85. The smallest absolute Gasteiger partial charge is 0.270 e. The summed E-state index contributed by atoms with van der Waals surface area (Å²) < 4.78 is 14.0. The Morgan fingerprint density at radius 2 is 1.83 bits per heavy atom. The molecule has 0 unspecified atom stereocenters. The van der Waals surface area contributed by atoms with E-state index in [-0.39, 0.29) is 11.7 Å². The molecular weight excluding hydrogens is 371 g/mol. The number of carbonyl (C=O) groups excluding carboxylic acids is 1. The summed E-state index contributed by atoms with van der Waals surface area (Å²) >= 11 is 0. The molecule has 1 aliphatic rings. The van der Waals surface area contributed by atoms with E-state index in [4.69, 9.17) is 0 Å². The van der Waals surface area contributed by atoms with Gasteiger partial charge in [0.2, 0.25) is 0 Å². The van der Waals surface area contributed by atoms with Crippen LogP contribution in [0.15, 0.2) is 61.2 Å². The van der Waals surface area contributed by atoms with Gasteiger partial charge in [0.05, 0.1) is 5.69 Å². The van der Waals surface area contributed by atoms with Gasteiger partial charge in [0.1, 0.15) is 23.7 Å². The van der Waals surface area contributed by atoms with Crippen LogP contribution >= 0.6 is 0 Å². The lowest BCUT2D eigenvalue weighted by molar-refractivity contribution is 0.0945. The highest BCUT2D eigenvalue weighted by atomic mass is 19.1. The summed E-state index contributed by atoms with van der Waals surface area (Å²) in [4.78, 5) is 29.0. The SMILES string of the molecule is O=C(NCc1cccnc1)c1cc(N2CCN(c3ccccc3F)CC2)ncn1. The average Bonchev–Trinajstić information content (AvgIpc) is 2.79. The van der Waals surface area contributed by atoms with Crippen molar-refractivity contribution in [1.82, 2.24) is 20.3 Å². The number of carbonyl (C=O) groups is 1. The summed E-state index contributed by atoms with van der Waals surface area (Å²) in [6.45, 7) is 3.10. The zero-order valence-electron chi connectivity index (χ0n) is 15.8. The van der Waals surface area contributed by atoms with E-state index in [0.29, 0.717) is 49.9 Å². The van der Waals surface area contributed by atoms with Crippen LogP contribution < -0.4 is 15.1 Å². The van der Waals surface area contributed by atoms with Gasteiger partial charge in [0.15, 0.2) is 0 Å². The number of hydrogen-bond acceptors (Lipinski definition) is 6. The molecule has 1 aliphatic heterocycles. The molecule has 7 nitrogen and oxygen atoms in total. The second-order valence-electron chi connectivity index (χ2n) is 6.73. The van der Waals surface area contributed by atoms with Gasteiger partial charge in [-0.3, -0.25) is 9.78 Å². The fraction of sp³-hybridized carbons (Fsp3) is 0.238. The fourth-order valence-corrected chi connectivity index (χ4v) is 3.30. The molecule has 1 N–H and O–H groups in total. The predicted molar refractivity (Wildman–Crippen MR) is 108 cm³/mol. The zero-order chi connectivity index (χ0) is 20.1. The van der Waals surface area contributed by atoms with Gasteiger partial charge in [-0.05, 0) is 23.8 Å². The largest absolute Gasteiger partial charge is 0.366 e. The van der Waals surface area contributed by atoms with Crippen molar-refractivity contribution in [2.24, 2.45) is 0 Å². The molecule has 1 fully saturated rings. The van der Waals surface area contributed by atoms with Gasteiger partial charge < -0.3 is 15.1 Å². The Morgan fingerprint density at radius 3 is 2.59 bits per heavy atom. The number of aromatic nitrogens is 3. The number of amides is 1. The molecule has 3 aromatic rings. The minimum absolute atomic E-state index is 0.212. The fourth-order valence-electron chi connectivity index (χ4n) is 3.30. The van der Waals surface area contributed by atoms with Crippen molar-refractivity contribution in [1.29, 1.82) is 0 Å². The van der Waals surface area contributed by atoms with Crippen molar-refractivity contribution in [3.63, 3.8) is 0 Å². The summed E-state index contributed by atoms with van der Waals surface area (Å²) in [6.07, 6.45) is 4.80. The Morgan fingerprint density at radius 1 is 1.03 bits per heavy atom. The van der Waals surface area contributed by atoms with Crippen LogP contribution in [0, 0.1) is 5.82 Å². The summed E-state index contributed by atoms with van der Waals surface area (Å²) in [6, 6.07) is 12.2. The van der Waals surface area contributed by atoms with Crippen molar-refractivity contribution >= 4 is 17.4 Å². The highest BCUT2D eigenvalue weighted by molar-refractivity contribution is 5.92. The number of rotatable bonds is 5. The summed E-state index contributed by atoms with van der Waals surface area (Å²) in [7, 11) is 0. The predicted octanol–water partition coefficient (Wildman–Crippen LogP) is 2.27. The van der Waals surface area contributed by atoms with E-state index >= 15 is 0 Å². The molecule has 0 atom stereocenters. The topological polar surface area (TPSA) is 74.2 Å². The molecule has 0 saturated carbocycles. The molecule has 2 aromatic heterocycles. The van der Waals surface area contributed by atoms with Crippen LogP contribution in [-0.2, 0) is 6.54 Å². The Balaban J connectivity index is 1.38. The average molecular weight is 392 g/mol. The maximum atomic E-state index is 14.0. The maximum Gasteiger partial charge on any atom is 0.270 e. The van der Waals surface area contributed by atoms with E-state index in [1.807, 2.05) is 23.1 Å². The minimum Gasteiger partial charge on any atom is -0.366 e. The third kappa shape index (κ3) is 4.48. The highest BCUT2D eigenvalue weighted by Gasteiger charge is 2.21. The second-order valence-corrected chi connectivity index (χ2v) is 6.73. The normalized spacial score (nSPS) is 14.0. The number of anilines is 2. The van der Waals surface area contributed by atoms with Gasteiger partial charge in [0.25, 0.3) is 5.91 Å². The standard InChI is InChI=1S/C21H21FN6O/c22-17-5-1-2-6-19(17)27-8-10-28(11-9-27)20-12-18(25-15-26-20)21(29)24-14-16-4-3-7-23-13-16/h1-7,12-13,15H,8-11,14H2,(H,24,29). The lowest BCUT2D eigenvalue weighted by Crippen LogP contribution is -2.47. The van der Waals surface area contributed by atoms with Crippen molar-refractivity contribution < 1.29 is 9.18 Å². The molecule has 0 aliphatic carbocycles. The van der Waals surface area contributed by atoms with Gasteiger partial charge in [-0.25, -0.2) is 14.4 Å². The highest BCUT2D eigenvalue weighted by Crippen LogP contribution is 2.22. The first-order valence-electron chi connectivity index (χ1n) is 9.44. The first-order chi connectivity index (χ1) is 14.2. The number of benzene rings is 1. The third-order valence-electron chi connectivity index (χ3n) is 4.86. The molecule has 0 bridgehead atoms. The quantitative estimate of drug-likeness (QED) is 0.718. The van der Waals surface area contributed by atoms with Gasteiger partial charge >= 0.3 is 0 Å². The Kier molecular flexibility index (Phi) is 5.60. The minimum atomic E-state index is -0.262. The van der Waals surface area contributed by atoms with Crippen LogP contribution in [0.4, 0.5) is 15.9 Å². The van der Waals surface area contributed by atoms with Gasteiger partial charge in [-0.15, -0.1) is 0 Å². The molecular formula is C21H21FN6O. The van der Waals surface area contributed by atoms with E-state index in [0.717, 1.165) is 5.56 Å². The van der Waals surface area contributed by atoms with Gasteiger partial charge in [-0.2, -0.15) is 0 Å². The van der Waals surface area contributed by atoms with E-state index in [2.05, 4.69) is 25.2 Å². The number of pyridine rings is 1. The van der Waals surface area contributed by atoms with E-state index in [1.165, 1.54) is 12.4 Å². The molecule has 3 heterocycles. The molecule has 148 valence electrons. The lowest BCUT2D eigenvalue weighted by Gasteiger charge is -2.36. The summed E-state index contributed by atoms with van der Waals surface area (Å²) in [5, 5.41) is 2.84. The van der Waals surface area contributed by atoms with Crippen LogP contribution in [0.2, 0.25) is 0 Å². The van der Waals surface area contributed by atoms with Crippen molar-refractivity contribution in [2.75, 3.05) is 36.0 Å². The molecule has 0 radical (unpaired) electrons. The van der Waals surface area contributed by atoms with E-state index in [1.54, 1.807) is 30.6 Å². The van der Waals surface area contributed by atoms with E-state index in [9.17, 15) is 9.18 Å². The molecule has 29 heavy (non-hydrogen) atoms. The second kappa shape index (κ2) is 8.64. The number of nitrogens with zero attached hydrogens (tertiary/aromatic N) is 5. The van der Waals surface area contributed by atoms with Crippen LogP contribution in [0.5, 0.6) is 0 Å². The van der Waals surface area contributed by atoms with Gasteiger partial charge in [-0.1, -0.05) is 18.2 Å². The van der Waals surface area contributed by atoms with Crippen LogP contribution in [0.1, 0.15) is 16.1 Å². The van der Waals surface area contributed by atoms with Crippen molar-refractivity contribution in [3.8, 4) is 0 Å². The third-order valence-corrected chi connectivity index (χ3v) is 4.86. The number of nitrogens with one attached hydrogen (secondary N) is 1. The molecule has 8 heteroatoms. The van der Waals surface area contributed by atoms with Crippen LogP contribution in [0.25, 0.3) is 0 Å².